The molecule has 1 heteroatoms. The zero-order valence-corrected chi connectivity index (χ0v) is 20.2. The van der Waals surface area contributed by atoms with Crippen molar-refractivity contribution < 1.29 is 4.74 Å². The van der Waals surface area contributed by atoms with E-state index in [0.717, 1.165) is 23.7 Å². The average Bonchev–Trinajstić information content (AvgIpc) is 3.27. The number of para-hydroxylation sites is 1. The molecular weight excluding hydrogens is 400 g/mol. The lowest BCUT2D eigenvalue weighted by molar-refractivity contribution is 0.0625. The van der Waals surface area contributed by atoms with Crippen LogP contribution in [0.3, 0.4) is 0 Å². The summed E-state index contributed by atoms with van der Waals surface area (Å²) >= 11 is 0. The second kappa shape index (κ2) is 8.47. The fourth-order valence-corrected chi connectivity index (χ4v) is 9.15. The van der Waals surface area contributed by atoms with Crippen LogP contribution >= 0.6 is 0 Å². The van der Waals surface area contributed by atoms with Gasteiger partial charge in [0.25, 0.3) is 0 Å². The largest absolute Gasteiger partial charge is 0.489 e. The maximum absolute atomic E-state index is 6.58. The lowest BCUT2D eigenvalue weighted by Gasteiger charge is -2.52. The molecule has 0 spiro atoms. The smallest absolute Gasteiger partial charge is 0.123 e. The van der Waals surface area contributed by atoms with Crippen molar-refractivity contribution in [3.63, 3.8) is 0 Å². The Labute approximate surface area is 200 Å². The van der Waals surface area contributed by atoms with E-state index in [9.17, 15) is 0 Å². The molecule has 7 rings (SSSR count). The molecule has 0 amide bonds. The van der Waals surface area contributed by atoms with Gasteiger partial charge in [-0.25, -0.2) is 0 Å². The zero-order valence-electron chi connectivity index (χ0n) is 20.2. The van der Waals surface area contributed by atoms with Crippen LogP contribution in [0.1, 0.15) is 95.0 Å². The summed E-state index contributed by atoms with van der Waals surface area (Å²) < 4.78 is 6.58. The van der Waals surface area contributed by atoms with Crippen LogP contribution in [0.4, 0.5) is 0 Å². The molecule has 0 bridgehead atoms. The number of hydrogen-bond donors (Lipinski definition) is 0. The monoisotopic (exact) mass is 440 g/mol. The first-order valence-corrected chi connectivity index (χ1v) is 14.3. The molecule has 174 valence electrons. The highest BCUT2D eigenvalue weighted by Gasteiger charge is 2.52. The van der Waals surface area contributed by atoms with Gasteiger partial charge in [-0.3, -0.25) is 0 Å². The first-order valence-electron chi connectivity index (χ1n) is 14.3. The molecule has 2 fully saturated rings. The highest BCUT2D eigenvalue weighted by Crippen LogP contribution is 2.60. The number of allylic oxidation sites excluding steroid dienone is 6. The van der Waals surface area contributed by atoms with Crippen molar-refractivity contribution in [1.82, 2.24) is 0 Å². The van der Waals surface area contributed by atoms with Crippen LogP contribution in [0.15, 0.2) is 59.2 Å². The molecule has 6 aliphatic rings. The first-order chi connectivity index (χ1) is 16.4. The molecule has 1 aromatic rings. The van der Waals surface area contributed by atoms with Gasteiger partial charge in [-0.1, -0.05) is 61.3 Å². The van der Waals surface area contributed by atoms with Gasteiger partial charge in [0.2, 0.25) is 0 Å². The Bertz CT molecular complexity index is 990. The first kappa shape index (κ1) is 20.6. The van der Waals surface area contributed by atoms with Gasteiger partial charge in [0.1, 0.15) is 11.9 Å². The standard InChI is InChI=1S/C32H40O/c1-2-11-21(12-3-1)30-22-13-4-6-15-24(22)31(25-16-7-5-14-23(25)30)27-18-10-20-29-32(27)26-17-8-9-19-28(26)33-29/h6,8-9,14-15,17,19,21,24-25,27,29,31-32H,1-5,7,10-13,16,18,20H2. The maximum Gasteiger partial charge on any atom is 0.123 e. The molecule has 5 aliphatic carbocycles. The second-order valence-corrected chi connectivity index (χ2v) is 11.9. The van der Waals surface area contributed by atoms with Crippen LogP contribution in [0, 0.1) is 29.6 Å². The second-order valence-electron chi connectivity index (χ2n) is 11.9. The lowest BCUT2D eigenvalue weighted by Crippen LogP contribution is -2.44. The van der Waals surface area contributed by atoms with E-state index in [0.29, 0.717) is 17.9 Å². The van der Waals surface area contributed by atoms with Gasteiger partial charge in [-0.15, -0.1) is 0 Å². The van der Waals surface area contributed by atoms with Gasteiger partial charge < -0.3 is 4.74 Å². The van der Waals surface area contributed by atoms with Crippen molar-refractivity contribution in [3.8, 4) is 5.75 Å². The molecule has 0 saturated heterocycles. The summed E-state index contributed by atoms with van der Waals surface area (Å²) in [6, 6.07) is 9.02. The van der Waals surface area contributed by atoms with Crippen molar-refractivity contribution in [3.05, 3.63) is 64.8 Å². The number of fused-ring (bicyclic) bond motifs is 5. The third-order valence-corrected chi connectivity index (χ3v) is 10.3. The van der Waals surface area contributed by atoms with Gasteiger partial charge in [-0.05, 0) is 105 Å². The summed E-state index contributed by atoms with van der Waals surface area (Å²) in [5.74, 6) is 5.65. The van der Waals surface area contributed by atoms with Crippen molar-refractivity contribution in [2.75, 3.05) is 0 Å². The molecule has 0 N–H and O–H groups in total. The van der Waals surface area contributed by atoms with Gasteiger partial charge >= 0.3 is 0 Å². The predicted octanol–water partition coefficient (Wildman–Crippen LogP) is 8.53. The lowest BCUT2D eigenvalue weighted by atomic mass is 9.52. The van der Waals surface area contributed by atoms with Gasteiger partial charge in [0, 0.05) is 17.4 Å². The average molecular weight is 441 g/mol. The maximum atomic E-state index is 6.58. The Morgan fingerprint density at radius 2 is 1.73 bits per heavy atom. The highest BCUT2D eigenvalue weighted by atomic mass is 16.5. The number of ether oxygens (including phenoxy) is 1. The molecule has 1 aliphatic heterocycles. The van der Waals surface area contributed by atoms with E-state index in [1.54, 1.807) is 0 Å². The third kappa shape index (κ3) is 3.32. The Balaban J connectivity index is 1.34. The Kier molecular flexibility index (Phi) is 5.29. The van der Waals surface area contributed by atoms with Gasteiger partial charge in [-0.2, -0.15) is 0 Å². The minimum absolute atomic E-state index is 0.414. The van der Waals surface area contributed by atoms with E-state index in [2.05, 4.69) is 42.5 Å². The zero-order chi connectivity index (χ0) is 21.8. The molecule has 1 aromatic carbocycles. The summed E-state index contributed by atoms with van der Waals surface area (Å²) in [6.07, 6.45) is 26.3. The quantitative estimate of drug-likeness (QED) is 0.419. The SMILES string of the molecule is C1=CC2C(=C(C3CCCCC3)C3=CCCCC3C2C2CCCC3Oc4ccccc4C32)CC1. The van der Waals surface area contributed by atoms with Gasteiger partial charge in [0.05, 0.1) is 0 Å². The van der Waals surface area contributed by atoms with Crippen molar-refractivity contribution >= 4 is 0 Å². The van der Waals surface area contributed by atoms with Crippen LogP contribution in [-0.2, 0) is 0 Å². The molecule has 6 atom stereocenters. The molecule has 0 aromatic heterocycles. The minimum Gasteiger partial charge on any atom is -0.489 e. The molecule has 1 nitrogen and oxygen atoms in total. The molecule has 33 heavy (non-hydrogen) atoms. The van der Waals surface area contributed by atoms with E-state index < -0.39 is 0 Å². The Morgan fingerprint density at radius 3 is 2.67 bits per heavy atom. The van der Waals surface area contributed by atoms with Crippen LogP contribution in [0.2, 0.25) is 0 Å². The van der Waals surface area contributed by atoms with Crippen LogP contribution in [0.25, 0.3) is 0 Å². The van der Waals surface area contributed by atoms with Crippen LogP contribution < -0.4 is 4.74 Å². The van der Waals surface area contributed by atoms with Crippen LogP contribution in [0.5, 0.6) is 5.75 Å². The number of hydrogen-bond acceptors (Lipinski definition) is 1. The Morgan fingerprint density at radius 1 is 0.818 bits per heavy atom. The van der Waals surface area contributed by atoms with E-state index in [-0.39, 0.29) is 0 Å². The fourth-order valence-electron chi connectivity index (χ4n) is 9.15. The normalized spacial score (nSPS) is 38.0. The number of rotatable bonds is 2. The molecule has 2 saturated carbocycles. The Hall–Kier alpha value is -1.76. The third-order valence-electron chi connectivity index (χ3n) is 10.3. The van der Waals surface area contributed by atoms with Crippen LogP contribution in [-0.4, -0.2) is 6.10 Å². The van der Waals surface area contributed by atoms with Crippen molar-refractivity contribution in [2.24, 2.45) is 29.6 Å². The molecule has 0 radical (unpaired) electrons. The summed E-state index contributed by atoms with van der Waals surface area (Å²) in [7, 11) is 0. The van der Waals surface area contributed by atoms with E-state index in [1.807, 2.05) is 16.7 Å². The van der Waals surface area contributed by atoms with Crippen molar-refractivity contribution in [2.45, 2.75) is 95.5 Å². The predicted molar refractivity (Wildman–Crippen MR) is 135 cm³/mol. The topological polar surface area (TPSA) is 9.23 Å². The molecular formula is C32H40O. The molecule has 1 heterocycles. The highest BCUT2D eigenvalue weighted by molar-refractivity contribution is 5.49. The van der Waals surface area contributed by atoms with E-state index in [4.69, 9.17) is 4.74 Å². The summed E-state index contributed by atoms with van der Waals surface area (Å²) in [6.45, 7) is 0. The molecule has 6 unspecified atom stereocenters. The van der Waals surface area contributed by atoms with Gasteiger partial charge in [0.15, 0.2) is 0 Å². The summed E-state index contributed by atoms with van der Waals surface area (Å²) in [4.78, 5) is 0. The summed E-state index contributed by atoms with van der Waals surface area (Å²) in [5.41, 5.74) is 7.14. The minimum atomic E-state index is 0.414. The number of benzene rings is 1. The fraction of sp³-hybridized carbons (Fsp3) is 0.625. The van der Waals surface area contributed by atoms with E-state index >= 15 is 0 Å². The van der Waals surface area contributed by atoms with E-state index in [1.165, 1.54) is 94.8 Å². The van der Waals surface area contributed by atoms with Crippen molar-refractivity contribution in [1.29, 1.82) is 0 Å². The summed E-state index contributed by atoms with van der Waals surface area (Å²) in [5, 5.41) is 0.